The Morgan fingerprint density at radius 3 is 2.80 bits per heavy atom. The summed E-state index contributed by atoms with van der Waals surface area (Å²) in [6.45, 7) is 8.94. The Hall–Kier alpha value is -0.770. The molecule has 3 nitrogen and oxygen atoms in total. The fourth-order valence-electron chi connectivity index (χ4n) is 2.59. The van der Waals surface area contributed by atoms with E-state index >= 15 is 0 Å². The summed E-state index contributed by atoms with van der Waals surface area (Å²) in [7, 11) is 0. The Bertz CT molecular complexity index is 450. The van der Waals surface area contributed by atoms with Gasteiger partial charge in [-0.2, -0.15) is 0 Å². The lowest BCUT2D eigenvalue weighted by molar-refractivity contribution is 0.0971. The molecule has 0 spiro atoms. The third-order valence-electron chi connectivity index (χ3n) is 3.93. The van der Waals surface area contributed by atoms with Gasteiger partial charge in [0.15, 0.2) is 0 Å². The van der Waals surface area contributed by atoms with Crippen LogP contribution in [-0.4, -0.2) is 30.3 Å². The molecule has 20 heavy (non-hydrogen) atoms. The van der Waals surface area contributed by atoms with Crippen LogP contribution in [0.25, 0.3) is 0 Å². The number of aliphatic hydroxyl groups is 1. The van der Waals surface area contributed by atoms with E-state index < -0.39 is 0 Å². The summed E-state index contributed by atoms with van der Waals surface area (Å²) < 4.78 is 0. The van der Waals surface area contributed by atoms with E-state index in [1.54, 1.807) is 0 Å². The van der Waals surface area contributed by atoms with Gasteiger partial charge in [-0.1, -0.05) is 38.4 Å². The van der Waals surface area contributed by atoms with Gasteiger partial charge in [0.05, 0.1) is 16.8 Å². The molecular weight excluding hydrogens is 272 g/mol. The van der Waals surface area contributed by atoms with Gasteiger partial charge in [-0.15, -0.1) is 0 Å². The first-order chi connectivity index (χ1) is 9.47. The van der Waals surface area contributed by atoms with Gasteiger partial charge in [0.1, 0.15) is 0 Å². The summed E-state index contributed by atoms with van der Waals surface area (Å²) in [6.07, 6.45) is 0.633. The van der Waals surface area contributed by atoms with Gasteiger partial charge < -0.3 is 15.3 Å². The minimum atomic E-state index is -0.181. The normalized spacial score (nSPS) is 23.4. The van der Waals surface area contributed by atoms with Crippen molar-refractivity contribution >= 4 is 17.3 Å². The second-order valence-electron chi connectivity index (χ2n) is 6.10. The van der Waals surface area contributed by atoms with Crippen molar-refractivity contribution in [1.82, 2.24) is 5.32 Å². The van der Waals surface area contributed by atoms with Crippen LogP contribution in [0.5, 0.6) is 0 Å². The number of hydrogen-bond acceptors (Lipinski definition) is 3. The Labute approximate surface area is 126 Å². The van der Waals surface area contributed by atoms with E-state index in [0.717, 1.165) is 36.8 Å². The molecular formula is C16H25ClN2O. The van der Waals surface area contributed by atoms with E-state index in [4.69, 9.17) is 11.6 Å². The third kappa shape index (κ3) is 3.87. The van der Waals surface area contributed by atoms with Crippen LogP contribution in [0.15, 0.2) is 18.2 Å². The number of benzene rings is 1. The zero-order chi connectivity index (χ0) is 14.7. The van der Waals surface area contributed by atoms with Gasteiger partial charge in [-0.3, -0.25) is 0 Å². The van der Waals surface area contributed by atoms with Gasteiger partial charge in [0, 0.05) is 25.7 Å². The minimum absolute atomic E-state index is 0.181. The van der Waals surface area contributed by atoms with Crippen molar-refractivity contribution in [2.75, 3.05) is 18.0 Å². The van der Waals surface area contributed by atoms with Crippen molar-refractivity contribution < 1.29 is 5.11 Å². The quantitative estimate of drug-likeness (QED) is 0.896. The summed E-state index contributed by atoms with van der Waals surface area (Å²) in [4.78, 5) is 2.28. The highest BCUT2D eigenvalue weighted by molar-refractivity contribution is 6.33. The first-order valence-corrected chi connectivity index (χ1v) is 7.80. The highest BCUT2D eigenvalue weighted by Crippen LogP contribution is 2.30. The molecule has 0 saturated carbocycles. The lowest BCUT2D eigenvalue weighted by Crippen LogP contribution is -2.42. The Morgan fingerprint density at radius 2 is 2.20 bits per heavy atom. The maximum atomic E-state index is 9.81. The average Bonchev–Trinajstić information content (AvgIpc) is 2.40. The SMILES string of the molecule is CC(C)NCc1ccc(N2CCC(O)C(C)C2)c(Cl)c1. The van der Waals surface area contributed by atoms with Crippen LogP contribution in [0.1, 0.15) is 32.8 Å². The van der Waals surface area contributed by atoms with Crippen molar-refractivity contribution in [2.45, 2.75) is 45.9 Å². The lowest BCUT2D eigenvalue weighted by atomic mass is 9.96. The van der Waals surface area contributed by atoms with Crippen LogP contribution >= 0.6 is 11.6 Å². The summed E-state index contributed by atoms with van der Waals surface area (Å²) in [6, 6.07) is 6.75. The first kappa shape index (κ1) is 15.6. The summed E-state index contributed by atoms with van der Waals surface area (Å²) >= 11 is 6.43. The molecule has 1 saturated heterocycles. The molecule has 2 N–H and O–H groups in total. The molecule has 2 atom stereocenters. The molecule has 4 heteroatoms. The summed E-state index contributed by atoms with van der Waals surface area (Å²) in [5, 5.41) is 14.0. The van der Waals surface area contributed by atoms with E-state index in [2.05, 4.69) is 43.1 Å². The number of piperidine rings is 1. The molecule has 1 aliphatic heterocycles. The van der Waals surface area contributed by atoms with Gasteiger partial charge in [-0.05, 0) is 30.0 Å². The number of hydrogen-bond donors (Lipinski definition) is 2. The van der Waals surface area contributed by atoms with Crippen molar-refractivity contribution in [1.29, 1.82) is 0 Å². The average molecular weight is 297 g/mol. The Morgan fingerprint density at radius 1 is 1.45 bits per heavy atom. The second kappa shape index (κ2) is 6.79. The lowest BCUT2D eigenvalue weighted by Gasteiger charge is -2.36. The molecule has 1 fully saturated rings. The molecule has 2 unspecified atom stereocenters. The molecule has 0 bridgehead atoms. The molecule has 2 rings (SSSR count). The zero-order valence-electron chi connectivity index (χ0n) is 12.6. The molecule has 0 amide bonds. The Kier molecular flexibility index (Phi) is 5.30. The molecule has 1 heterocycles. The molecule has 1 aromatic rings. The van der Waals surface area contributed by atoms with Gasteiger partial charge in [0.2, 0.25) is 0 Å². The predicted octanol–water partition coefficient (Wildman–Crippen LogP) is 3.05. The van der Waals surface area contributed by atoms with E-state index in [1.807, 2.05) is 6.07 Å². The summed E-state index contributed by atoms with van der Waals surface area (Å²) in [5.74, 6) is 0.294. The summed E-state index contributed by atoms with van der Waals surface area (Å²) in [5.41, 5.74) is 2.29. The van der Waals surface area contributed by atoms with Crippen molar-refractivity contribution in [3.8, 4) is 0 Å². The van der Waals surface area contributed by atoms with Gasteiger partial charge >= 0.3 is 0 Å². The monoisotopic (exact) mass is 296 g/mol. The van der Waals surface area contributed by atoms with Crippen LogP contribution in [0, 0.1) is 5.92 Å². The number of aliphatic hydroxyl groups excluding tert-OH is 1. The molecule has 0 radical (unpaired) electrons. The molecule has 0 aliphatic carbocycles. The van der Waals surface area contributed by atoms with Gasteiger partial charge in [0.25, 0.3) is 0 Å². The highest BCUT2D eigenvalue weighted by Gasteiger charge is 2.25. The Balaban J connectivity index is 2.06. The van der Waals surface area contributed by atoms with Crippen molar-refractivity contribution in [3.63, 3.8) is 0 Å². The van der Waals surface area contributed by atoms with E-state index in [0.29, 0.717) is 12.0 Å². The smallest absolute Gasteiger partial charge is 0.0642 e. The topological polar surface area (TPSA) is 35.5 Å². The number of anilines is 1. The molecule has 1 aromatic carbocycles. The largest absolute Gasteiger partial charge is 0.393 e. The number of rotatable bonds is 4. The van der Waals surface area contributed by atoms with E-state index in [9.17, 15) is 5.11 Å². The first-order valence-electron chi connectivity index (χ1n) is 7.42. The maximum absolute atomic E-state index is 9.81. The van der Waals surface area contributed by atoms with Crippen molar-refractivity contribution in [2.24, 2.45) is 5.92 Å². The highest BCUT2D eigenvalue weighted by atomic mass is 35.5. The van der Waals surface area contributed by atoms with Crippen LogP contribution in [0.2, 0.25) is 5.02 Å². The van der Waals surface area contributed by atoms with Crippen LogP contribution in [-0.2, 0) is 6.54 Å². The predicted molar refractivity (Wildman–Crippen MR) is 85.4 cm³/mol. The molecule has 112 valence electrons. The fourth-order valence-corrected chi connectivity index (χ4v) is 2.91. The maximum Gasteiger partial charge on any atom is 0.0642 e. The zero-order valence-corrected chi connectivity index (χ0v) is 13.3. The van der Waals surface area contributed by atoms with E-state index in [-0.39, 0.29) is 6.10 Å². The second-order valence-corrected chi connectivity index (χ2v) is 6.51. The van der Waals surface area contributed by atoms with Crippen LogP contribution in [0.3, 0.4) is 0 Å². The van der Waals surface area contributed by atoms with Crippen molar-refractivity contribution in [3.05, 3.63) is 28.8 Å². The van der Waals surface area contributed by atoms with Crippen LogP contribution in [0.4, 0.5) is 5.69 Å². The number of halogens is 1. The molecule has 1 aliphatic rings. The fraction of sp³-hybridized carbons (Fsp3) is 0.625. The third-order valence-corrected chi connectivity index (χ3v) is 4.23. The van der Waals surface area contributed by atoms with E-state index in [1.165, 1.54) is 5.56 Å². The van der Waals surface area contributed by atoms with Crippen LogP contribution < -0.4 is 10.2 Å². The number of nitrogens with one attached hydrogen (secondary N) is 1. The molecule has 0 aromatic heterocycles. The minimum Gasteiger partial charge on any atom is -0.393 e. The number of nitrogens with zero attached hydrogens (tertiary/aromatic N) is 1. The van der Waals surface area contributed by atoms with Gasteiger partial charge in [-0.25, -0.2) is 0 Å². The standard InChI is InChI=1S/C16H25ClN2O/c1-11(2)18-9-13-4-5-15(14(17)8-13)19-7-6-16(20)12(3)10-19/h4-5,8,11-12,16,18,20H,6-7,9-10H2,1-3H3.